The fourth-order valence-corrected chi connectivity index (χ4v) is 5.22. The zero-order chi connectivity index (χ0) is 25.9. The number of nitrogens with one attached hydrogen (secondary N) is 2. The molecule has 0 bridgehead atoms. The average molecular weight is 490 g/mol. The summed E-state index contributed by atoms with van der Waals surface area (Å²) in [4.78, 5) is 33.1. The predicted molar refractivity (Wildman–Crippen MR) is 145 cm³/mol. The van der Waals surface area contributed by atoms with E-state index < -0.39 is 0 Å². The van der Waals surface area contributed by atoms with E-state index in [0.29, 0.717) is 41.6 Å². The topological polar surface area (TPSA) is 92.2 Å². The normalized spacial score (nSPS) is 18.7. The molecule has 3 aromatic rings. The van der Waals surface area contributed by atoms with E-state index in [2.05, 4.69) is 31.1 Å². The Morgan fingerprint density at radius 1 is 1.19 bits per heavy atom. The van der Waals surface area contributed by atoms with Crippen LogP contribution in [0.1, 0.15) is 89.7 Å². The molecular formula is C29H39N5O2. The van der Waals surface area contributed by atoms with Crippen molar-refractivity contribution in [3.8, 4) is 11.4 Å². The number of rotatable bonds is 7. The fourth-order valence-electron chi connectivity index (χ4n) is 5.22. The number of aryl methyl sites for hydroxylation is 1. The van der Waals surface area contributed by atoms with Crippen LogP contribution in [0.15, 0.2) is 35.1 Å². The Hall–Kier alpha value is -3.22. The third kappa shape index (κ3) is 5.61. The maximum absolute atomic E-state index is 13.2. The van der Waals surface area contributed by atoms with Gasteiger partial charge in [-0.25, -0.2) is 9.50 Å². The third-order valence-electron chi connectivity index (χ3n) is 7.39. The van der Waals surface area contributed by atoms with Gasteiger partial charge < -0.3 is 10.3 Å². The van der Waals surface area contributed by atoms with E-state index in [4.69, 9.17) is 10.1 Å². The first-order valence-corrected chi connectivity index (χ1v) is 13.3. The Balaban J connectivity index is 1.67. The number of carbonyl (C=O) groups excluding carboxylic acids is 1. The van der Waals surface area contributed by atoms with E-state index >= 15 is 0 Å². The highest BCUT2D eigenvalue weighted by atomic mass is 16.1. The fraction of sp³-hybridized carbons (Fsp3) is 0.517. The predicted octanol–water partition coefficient (Wildman–Crippen LogP) is 5.51. The van der Waals surface area contributed by atoms with E-state index in [1.54, 1.807) is 10.6 Å². The summed E-state index contributed by atoms with van der Waals surface area (Å²) in [5, 5.41) is 7.73. The first kappa shape index (κ1) is 25.9. The molecule has 0 radical (unpaired) electrons. The zero-order valence-corrected chi connectivity index (χ0v) is 22.2. The molecule has 4 rings (SSSR count). The van der Waals surface area contributed by atoms with E-state index in [1.807, 2.05) is 38.1 Å². The van der Waals surface area contributed by atoms with Crippen LogP contribution >= 0.6 is 0 Å². The molecule has 1 amide bonds. The number of amides is 1. The van der Waals surface area contributed by atoms with Crippen LogP contribution < -0.4 is 10.9 Å². The molecular weight excluding hydrogens is 450 g/mol. The second kappa shape index (κ2) is 10.8. The van der Waals surface area contributed by atoms with Gasteiger partial charge in [0, 0.05) is 24.1 Å². The van der Waals surface area contributed by atoms with Crippen molar-refractivity contribution in [2.24, 2.45) is 11.3 Å². The summed E-state index contributed by atoms with van der Waals surface area (Å²) in [6, 6.07) is 7.68. The standard InChI is InChI=1S/C29H39N5O2/c1-6-17-30-24(35)16-11-19-9-8-10-21(18-19)26-32-28(36)25-23(7-2)31-27(34(25)33-26)20-12-14-22(15-13-20)29(3,4)5/h8-11,16,18,20,22H,6-7,12-15,17H2,1-5H3,(H,30,35)(H,32,33,36)/b16-11+/t20-,22+. The summed E-state index contributed by atoms with van der Waals surface area (Å²) in [6.45, 7) is 11.7. The summed E-state index contributed by atoms with van der Waals surface area (Å²) in [5.41, 5.74) is 3.16. The molecule has 0 atom stereocenters. The highest BCUT2D eigenvalue weighted by molar-refractivity contribution is 5.91. The molecule has 1 aromatic carbocycles. The summed E-state index contributed by atoms with van der Waals surface area (Å²) in [6.07, 6.45) is 9.35. The van der Waals surface area contributed by atoms with Crippen molar-refractivity contribution < 1.29 is 4.79 Å². The Bertz CT molecular complexity index is 1300. The lowest BCUT2D eigenvalue weighted by Crippen LogP contribution is -2.26. The van der Waals surface area contributed by atoms with Crippen LogP contribution in [-0.2, 0) is 11.2 Å². The van der Waals surface area contributed by atoms with Gasteiger partial charge in [0.1, 0.15) is 5.82 Å². The minimum absolute atomic E-state index is 0.119. The van der Waals surface area contributed by atoms with Crippen molar-refractivity contribution >= 4 is 17.5 Å². The largest absolute Gasteiger partial charge is 0.353 e. The quantitative estimate of drug-likeness (QED) is 0.428. The molecule has 1 saturated carbocycles. The van der Waals surface area contributed by atoms with Gasteiger partial charge in [-0.15, -0.1) is 5.10 Å². The van der Waals surface area contributed by atoms with Crippen LogP contribution in [0, 0.1) is 11.3 Å². The van der Waals surface area contributed by atoms with Crippen molar-refractivity contribution in [2.75, 3.05) is 6.54 Å². The van der Waals surface area contributed by atoms with Crippen molar-refractivity contribution in [1.82, 2.24) is 24.9 Å². The van der Waals surface area contributed by atoms with Crippen LogP contribution in [0.4, 0.5) is 0 Å². The number of imidazole rings is 1. The Kier molecular flexibility index (Phi) is 7.76. The number of nitrogens with zero attached hydrogens (tertiary/aromatic N) is 3. The smallest absolute Gasteiger partial charge is 0.277 e. The molecule has 1 aliphatic rings. The first-order valence-electron chi connectivity index (χ1n) is 13.3. The molecule has 0 spiro atoms. The molecule has 2 heterocycles. The van der Waals surface area contributed by atoms with Crippen molar-refractivity contribution in [2.45, 2.75) is 79.1 Å². The van der Waals surface area contributed by atoms with E-state index in [9.17, 15) is 9.59 Å². The highest BCUT2D eigenvalue weighted by Crippen LogP contribution is 2.43. The number of aromatic nitrogens is 4. The van der Waals surface area contributed by atoms with E-state index in [1.165, 1.54) is 18.9 Å². The lowest BCUT2D eigenvalue weighted by molar-refractivity contribution is -0.116. The second-order valence-corrected chi connectivity index (χ2v) is 11.0. The van der Waals surface area contributed by atoms with Gasteiger partial charge in [0.2, 0.25) is 5.91 Å². The molecule has 7 heteroatoms. The summed E-state index contributed by atoms with van der Waals surface area (Å²) in [5.74, 6) is 2.30. The first-order chi connectivity index (χ1) is 17.2. The molecule has 1 aliphatic carbocycles. The molecule has 192 valence electrons. The van der Waals surface area contributed by atoms with Gasteiger partial charge in [0.15, 0.2) is 11.3 Å². The van der Waals surface area contributed by atoms with E-state index in [0.717, 1.165) is 41.9 Å². The van der Waals surface area contributed by atoms with Crippen molar-refractivity contribution in [3.63, 3.8) is 0 Å². The number of fused-ring (bicyclic) bond motifs is 1. The summed E-state index contributed by atoms with van der Waals surface area (Å²) < 4.78 is 1.80. The average Bonchev–Trinajstić information content (AvgIpc) is 3.25. The number of hydrogen-bond donors (Lipinski definition) is 2. The minimum Gasteiger partial charge on any atom is -0.353 e. The number of benzene rings is 1. The SMILES string of the molecule is CCCNC(=O)/C=C/c1cccc(-c2nn3c(c(CC)nc3[C@H]3CC[C@@H](C(C)(C)C)CC3)c(=O)[nH]2)c1. The lowest BCUT2D eigenvalue weighted by atomic mass is 9.70. The lowest BCUT2D eigenvalue weighted by Gasteiger charge is -2.36. The van der Waals surface area contributed by atoms with Crippen LogP contribution in [0.3, 0.4) is 0 Å². The van der Waals surface area contributed by atoms with Crippen molar-refractivity contribution in [3.05, 3.63) is 57.8 Å². The van der Waals surface area contributed by atoms with Gasteiger partial charge in [-0.2, -0.15) is 0 Å². The maximum Gasteiger partial charge on any atom is 0.277 e. The van der Waals surface area contributed by atoms with Crippen molar-refractivity contribution in [1.29, 1.82) is 0 Å². The van der Waals surface area contributed by atoms with Crippen LogP contribution in [-0.4, -0.2) is 32.0 Å². The summed E-state index contributed by atoms with van der Waals surface area (Å²) >= 11 is 0. The van der Waals surface area contributed by atoms with Gasteiger partial charge in [-0.1, -0.05) is 52.8 Å². The van der Waals surface area contributed by atoms with Gasteiger partial charge in [0.05, 0.1) is 5.69 Å². The van der Waals surface area contributed by atoms with Crippen LogP contribution in [0.2, 0.25) is 0 Å². The molecule has 7 nitrogen and oxygen atoms in total. The molecule has 0 aliphatic heterocycles. The molecule has 1 fully saturated rings. The Morgan fingerprint density at radius 2 is 1.94 bits per heavy atom. The van der Waals surface area contributed by atoms with Crippen LogP contribution in [0.25, 0.3) is 23.0 Å². The Labute approximate surface area is 213 Å². The maximum atomic E-state index is 13.2. The van der Waals surface area contributed by atoms with Crippen LogP contribution in [0.5, 0.6) is 0 Å². The molecule has 2 aromatic heterocycles. The highest BCUT2D eigenvalue weighted by Gasteiger charge is 2.32. The molecule has 36 heavy (non-hydrogen) atoms. The second-order valence-electron chi connectivity index (χ2n) is 11.0. The Morgan fingerprint density at radius 3 is 2.61 bits per heavy atom. The van der Waals surface area contributed by atoms with Gasteiger partial charge in [0.25, 0.3) is 5.56 Å². The third-order valence-corrected chi connectivity index (χ3v) is 7.39. The van der Waals surface area contributed by atoms with Gasteiger partial charge in [-0.05, 0) is 67.6 Å². The van der Waals surface area contributed by atoms with Gasteiger partial charge in [-0.3, -0.25) is 9.59 Å². The van der Waals surface area contributed by atoms with Gasteiger partial charge >= 0.3 is 0 Å². The number of hydrogen-bond acceptors (Lipinski definition) is 4. The number of H-pyrrole nitrogens is 1. The zero-order valence-electron chi connectivity index (χ0n) is 22.2. The molecule has 2 N–H and O–H groups in total. The monoisotopic (exact) mass is 489 g/mol. The molecule has 0 saturated heterocycles. The van der Waals surface area contributed by atoms with E-state index in [-0.39, 0.29) is 11.5 Å². The molecule has 0 unspecified atom stereocenters. The number of aromatic amines is 1. The minimum atomic E-state index is -0.168. The summed E-state index contributed by atoms with van der Waals surface area (Å²) in [7, 11) is 0. The number of carbonyl (C=O) groups is 1.